The van der Waals surface area contributed by atoms with Crippen molar-refractivity contribution in [3.8, 4) is 11.4 Å². The third kappa shape index (κ3) is 6.75. The monoisotopic (exact) mass is 596 g/mol. The maximum Gasteiger partial charge on any atom is 0.511 e. The standard InChI is InChI=1S/C27H25FN4O4.3ClH/c28-19-3-7-20(8-4-19)30-11-13-31(14-12-30)22-9-10-23-24(15-22)32(17-25(26(23)33)36-27(34)35)21-5-1-18(16-29)2-6-21;;;/h1-10,15,17H,11-14,16,29H2,(H,34,35);3*1H. The van der Waals surface area contributed by atoms with Crippen molar-refractivity contribution >= 4 is 65.7 Å². The molecule has 1 saturated heterocycles. The van der Waals surface area contributed by atoms with Crippen LogP contribution in [0.1, 0.15) is 5.56 Å². The molecule has 0 atom stereocenters. The van der Waals surface area contributed by atoms with E-state index in [0.29, 0.717) is 17.4 Å². The highest BCUT2D eigenvalue weighted by atomic mass is 35.5. The number of ether oxygens (including phenoxy) is 1. The van der Waals surface area contributed by atoms with Crippen LogP contribution in [0.25, 0.3) is 16.6 Å². The molecule has 0 spiro atoms. The van der Waals surface area contributed by atoms with Gasteiger partial charge in [-0.15, -0.1) is 37.2 Å². The van der Waals surface area contributed by atoms with E-state index in [1.54, 1.807) is 22.8 Å². The van der Waals surface area contributed by atoms with E-state index in [9.17, 15) is 14.0 Å². The second-order valence-corrected chi connectivity index (χ2v) is 8.58. The largest absolute Gasteiger partial charge is 0.511 e. The number of nitrogens with two attached hydrogens (primary N) is 1. The Bertz CT molecular complexity index is 1480. The number of carboxylic acid groups (broad SMARTS) is 1. The summed E-state index contributed by atoms with van der Waals surface area (Å²) >= 11 is 0. The number of fused-ring (bicyclic) bond motifs is 1. The van der Waals surface area contributed by atoms with E-state index >= 15 is 0 Å². The first-order chi connectivity index (χ1) is 17.4. The van der Waals surface area contributed by atoms with Gasteiger partial charge in [0.1, 0.15) is 5.82 Å². The highest BCUT2D eigenvalue weighted by Crippen LogP contribution is 2.27. The van der Waals surface area contributed by atoms with Crippen LogP contribution >= 0.6 is 37.2 Å². The molecule has 1 fully saturated rings. The molecule has 4 aromatic rings. The SMILES string of the molecule is Cl.Cl.Cl.NCc1ccc(-n2cc(OC(=O)O)c(=O)c3ccc(N4CCN(c5ccc(F)cc5)CC4)cc32)cc1. The fourth-order valence-electron chi connectivity index (χ4n) is 4.53. The van der Waals surface area contributed by atoms with Gasteiger partial charge in [0.25, 0.3) is 0 Å². The van der Waals surface area contributed by atoms with Gasteiger partial charge >= 0.3 is 6.16 Å². The van der Waals surface area contributed by atoms with Gasteiger partial charge in [0, 0.05) is 49.8 Å². The van der Waals surface area contributed by atoms with E-state index in [2.05, 4.69) is 9.80 Å². The number of pyridine rings is 1. The zero-order valence-corrected chi connectivity index (χ0v) is 23.1. The summed E-state index contributed by atoms with van der Waals surface area (Å²) in [7, 11) is 0. The van der Waals surface area contributed by atoms with Crippen molar-refractivity contribution < 1.29 is 19.0 Å². The quantitative estimate of drug-likeness (QED) is 0.304. The number of anilines is 2. The van der Waals surface area contributed by atoms with Crippen molar-refractivity contribution in [1.29, 1.82) is 0 Å². The number of aromatic nitrogens is 1. The first kappa shape index (κ1) is 31.7. The fraction of sp³-hybridized carbons (Fsp3) is 0.185. The Balaban J connectivity index is 0.00000178. The maximum atomic E-state index is 13.3. The van der Waals surface area contributed by atoms with Crippen molar-refractivity contribution in [2.24, 2.45) is 5.73 Å². The van der Waals surface area contributed by atoms with Gasteiger partial charge in [-0.05, 0) is 60.2 Å². The molecule has 12 heteroatoms. The zero-order valence-electron chi connectivity index (χ0n) is 20.7. The van der Waals surface area contributed by atoms with E-state index in [-0.39, 0.29) is 48.8 Å². The van der Waals surface area contributed by atoms with E-state index in [1.165, 1.54) is 18.3 Å². The molecule has 0 radical (unpaired) electrons. The number of hydrogen-bond acceptors (Lipinski definition) is 6. The minimum absolute atomic E-state index is 0. The Kier molecular flexibility index (Phi) is 11.0. The summed E-state index contributed by atoms with van der Waals surface area (Å²) in [6.07, 6.45) is -0.140. The molecule has 0 amide bonds. The molecule has 3 aromatic carbocycles. The van der Waals surface area contributed by atoms with Crippen LogP contribution in [0.15, 0.2) is 77.7 Å². The maximum absolute atomic E-state index is 13.3. The van der Waals surface area contributed by atoms with Crippen LogP contribution < -0.4 is 25.7 Å². The molecule has 0 saturated carbocycles. The lowest BCUT2D eigenvalue weighted by Gasteiger charge is -2.37. The first-order valence-corrected chi connectivity index (χ1v) is 11.6. The Morgan fingerprint density at radius 2 is 1.38 bits per heavy atom. The summed E-state index contributed by atoms with van der Waals surface area (Å²) in [5, 5.41) is 9.46. The second kappa shape index (κ2) is 13.5. The smallest absolute Gasteiger partial charge is 0.449 e. The predicted octanol–water partition coefficient (Wildman–Crippen LogP) is 5.24. The minimum atomic E-state index is -1.55. The normalized spacial score (nSPS) is 12.7. The Hall–Kier alpha value is -3.50. The fourth-order valence-corrected chi connectivity index (χ4v) is 4.53. The number of benzene rings is 3. The van der Waals surface area contributed by atoms with E-state index in [4.69, 9.17) is 15.6 Å². The van der Waals surface area contributed by atoms with Gasteiger partial charge in [0.2, 0.25) is 5.43 Å². The number of piperazine rings is 1. The second-order valence-electron chi connectivity index (χ2n) is 8.58. The number of rotatable bonds is 5. The van der Waals surface area contributed by atoms with Crippen LogP contribution in [0, 0.1) is 5.82 Å². The van der Waals surface area contributed by atoms with Gasteiger partial charge in [-0.2, -0.15) is 0 Å². The lowest BCUT2D eigenvalue weighted by Crippen LogP contribution is -2.46. The van der Waals surface area contributed by atoms with Crippen molar-refractivity contribution in [3.63, 3.8) is 0 Å². The highest BCUT2D eigenvalue weighted by molar-refractivity contribution is 5.86. The molecule has 1 aliphatic rings. The molecule has 2 heterocycles. The minimum Gasteiger partial charge on any atom is -0.449 e. The molecule has 3 N–H and O–H groups in total. The van der Waals surface area contributed by atoms with Gasteiger partial charge in [-0.3, -0.25) is 4.79 Å². The lowest BCUT2D eigenvalue weighted by atomic mass is 10.1. The van der Waals surface area contributed by atoms with Crippen LogP contribution in [0.4, 0.5) is 20.6 Å². The van der Waals surface area contributed by atoms with E-state index in [0.717, 1.165) is 48.8 Å². The molecule has 0 unspecified atom stereocenters. The topological polar surface area (TPSA) is 101 Å². The molecule has 208 valence electrons. The van der Waals surface area contributed by atoms with Gasteiger partial charge in [-0.25, -0.2) is 9.18 Å². The van der Waals surface area contributed by atoms with Gasteiger partial charge in [0.05, 0.1) is 17.1 Å². The number of halogens is 4. The summed E-state index contributed by atoms with van der Waals surface area (Å²) in [4.78, 5) is 28.6. The van der Waals surface area contributed by atoms with Crippen LogP contribution in [0.3, 0.4) is 0 Å². The van der Waals surface area contributed by atoms with Crippen molar-refractivity contribution in [1.82, 2.24) is 4.57 Å². The highest BCUT2D eigenvalue weighted by Gasteiger charge is 2.20. The molecular weight excluding hydrogens is 570 g/mol. The van der Waals surface area contributed by atoms with Crippen molar-refractivity contribution in [2.75, 3.05) is 36.0 Å². The van der Waals surface area contributed by atoms with Gasteiger partial charge < -0.3 is 29.9 Å². The molecule has 1 aromatic heterocycles. The molecule has 5 rings (SSSR count). The van der Waals surface area contributed by atoms with Crippen LogP contribution in [0.5, 0.6) is 5.75 Å². The van der Waals surface area contributed by atoms with Crippen molar-refractivity contribution in [3.05, 3.63) is 94.5 Å². The van der Waals surface area contributed by atoms with E-state index in [1.807, 2.05) is 36.4 Å². The molecular formula is C27H28Cl3FN4O4. The number of carbonyl (C=O) groups is 1. The predicted molar refractivity (Wildman–Crippen MR) is 159 cm³/mol. The summed E-state index contributed by atoms with van der Waals surface area (Å²) in [5.41, 5.74) is 9.49. The average Bonchev–Trinajstić information content (AvgIpc) is 2.90. The average molecular weight is 598 g/mol. The van der Waals surface area contributed by atoms with Crippen LogP contribution in [-0.4, -0.2) is 42.0 Å². The molecule has 0 bridgehead atoms. The molecule has 8 nitrogen and oxygen atoms in total. The zero-order chi connectivity index (χ0) is 25.2. The summed E-state index contributed by atoms with van der Waals surface area (Å²) in [6.45, 7) is 3.43. The van der Waals surface area contributed by atoms with Gasteiger partial charge in [-0.1, -0.05) is 12.1 Å². The Morgan fingerprint density at radius 3 is 1.95 bits per heavy atom. The number of nitrogens with zero attached hydrogens (tertiary/aromatic N) is 3. The van der Waals surface area contributed by atoms with Crippen LogP contribution in [-0.2, 0) is 6.54 Å². The summed E-state index contributed by atoms with van der Waals surface area (Å²) < 4.78 is 19.8. The Morgan fingerprint density at radius 1 is 0.846 bits per heavy atom. The van der Waals surface area contributed by atoms with Crippen molar-refractivity contribution in [2.45, 2.75) is 6.54 Å². The third-order valence-electron chi connectivity index (χ3n) is 6.44. The van der Waals surface area contributed by atoms with Gasteiger partial charge in [0.15, 0.2) is 5.75 Å². The summed E-state index contributed by atoms with van der Waals surface area (Å²) in [5.74, 6) is -0.521. The number of hydrogen-bond donors (Lipinski definition) is 2. The first-order valence-electron chi connectivity index (χ1n) is 11.6. The molecule has 1 aliphatic heterocycles. The Labute approximate surface area is 243 Å². The summed E-state index contributed by atoms with van der Waals surface area (Å²) in [6, 6.07) is 19.5. The lowest BCUT2D eigenvalue weighted by molar-refractivity contribution is 0.144. The molecule has 39 heavy (non-hydrogen) atoms. The van der Waals surface area contributed by atoms with Crippen LogP contribution in [0.2, 0.25) is 0 Å². The third-order valence-corrected chi connectivity index (χ3v) is 6.44. The van der Waals surface area contributed by atoms with E-state index < -0.39 is 11.6 Å². The molecule has 0 aliphatic carbocycles.